The van der Waals surface area contributed by atoms with E-state index in [1.807, 2.05) is 0 Å². The molecule has 0 saturated heterocycles. The summed E-state index contributed by atoms with van der Waals surface area (Å²) in [5.41, 5.74) is 3.31. The van der Waals surface area contributed by atoms with Gasteiger partial charge in [-0.05, 0) is 35.1 Å². The number of hydrogen-bond acceptors (Lipinski definition) is 0. The van der Waals surface area contributed by atoms with Gasteiger partial charge in [0.05, 0.1) is 0 Å². The van der Waals surface area contributed by atoms with Crippen LogP contribution in [0.5, 0.6) is 0 Å². The predicted octanol–water partition coefficient (Wildman–Crippen LogP) is 5.48. The molecule has 1 aromatic carbocycles. The van der Waals surface area contributed by atoms with Gasteiger partial charge in [0.2, 0.25) is 0 Å². The van der Waals surface area contributed by atoms with Gasteiger partial charge in [-0.25, -0.2) is 0 Å². The third kappa shape index (κ3) is 5.44. The van der Waals surface area contributed by atoms with Gasteiger partial charge >= 0.3 is 0 Å². The minimum atomic E-state index is -1.27. The van der Waals surface area contributed by atoms with Gasteiger partial charge in [-0.2, -0.15) is 0 Å². The molecule has 2 radical (unpaired) electrons. The minimum Gasteiger partial charge on any atom is -0.146 e. The highest BCUT2D eigenvalue weighted by Gasteiger charge is 2.20. The quantitative estimate of drug-likeness (QED) is 0.466. The maximum absolute atomic E-state index is 6.02. The van der Waals surface area contributed by atoms with E-state index in [2.05, 4.69) is 38.1 Å². The molecular formula is C12H16Cl4Si2. The summed E-state index contributed by atoms with van der Waals surface area (Å²) < 4.78 is 0. The van der Waals surface area contributed by atoms with Crippen molar-refractivity contribution < 1.29 is 0 Å². The normalized spacial score (nSPS) is 15.1. The molecule has 0 aliphatic carbocycles. The fourth-order valence-electron chi connectivity index (χ4n) is 1.77. The number of hydrogen-bond donors (Lipinski definition) is 0. The van der Waals surface area contributed by atoms with E-state index >= 15 is 0 Å². The second-order valence-electron chi connectivity index (χ2n) is 4.56. The maximum atomic E-state index is 6.02. The van der Waals surface area contributed by atoms with Crippen molar-refractivity contribution in [2.24, 2.45) is 0 Å². The molecular weight excluding hydrogens is 342 g/mol. The smallest absolute Gasteiger partial charge is 0.146 e. The van der Waals surface area contributed by atoms with Gasteiger partial charge in [0, 0.05) is 0 Å². The van der Waals surface area contributed by atoms with Crippen LogP contribution in [0, 0.1) is 0 Å². The Bertz CT molecular complexity index is 336. The Morgan fingerprint density at radius 1 is 0.833 bits per heavy atom. The fourth-order valence-corrected chi connectivity index (χ4v) is 3.44. The lowest BCUT2D eigenvalue weighted by molar-refractivity contribution is 0.850. The third-order valence-corrected chi connectivity index (χ3v) is 9.28. The largest absolute Gasteiger partial charge is 0.277 e. The Hall–Kier alpha value is 0.814. The molecule has 0 amide bonds. The van der Waals surface area contributed by atoms with Crippen LogP contribution in [0.15, 0.2) is 24.3 Å². The van der Waals surface area contributed by atoms with Crippen molar-refractivity contribution in [2.75, 3.05) is 0 Å². The highest BCUT2D eigenvalue weighted by molar-refractivity contribution is 7.34. The summed E-state index contributed by atoms with van der Waals surface area (Å²) >= 11 is 24.1. The molecule has 0 aromatic heterocycles. The first-order chi connectivity index (χ1) is 8.41. The van der Waals surface area contributed by atoms with Crippen LogP contribution < -0.4 is 0 Å². The number of benzene rings is 1. The van der Waals surface area contributed by atoms with E-state index in [1.165, 1.54) is 11.1 Å². The molecule has 0 nitrogen and oxygen atoms in total. The van der Waals surface area contributed by atoms with Gasteiger partial charge in [0.25, 0.3) is 14.8 Å². The zero-order chi connectivity index (χ0) is 13.7. The van der Waals surface area contributed by atoms with E-state index in [0.29, 0.717) is 11.1 Å². The average Bonchev–Trinajstić information content (AvgIpc) is 2.31. The Kier molecular flexibility index (Phi) is 7.66. The Labute approximate surface area is 132 Å². The molecule has 6 heteroatoms. The van der Waals surface area contributed by atoms with Crippen molar-refractivity contribution in [3.05, 3.63) is 35.4 Å². The van der Waals surface area contributed by atoms with Crippen LogP contribution >= 0.6 is 44.3 Å². The molecule has 0 N–H and O–H groups in total. The molecule has 0 spiro atoms. The van der Waals surface area contributed by atoms with E-state index < -0.39 is 14.8 Å². The molecule has 0 aliphatic rings. The first-order valence-electron chi connectivity index (χ1n) is 5.84. The Morgan fingerprint density at radius 2 is 1.17 bits per heavy atom. The number of halogens is 4. The number of rotatable bonds is 6. The van der Waals surface area contributed by atoms with Crippen molar-refractivity contribution in [1.82, 2.24) is 0 Å². The molecule has 2 unspecified atom stereocenters. The molecule has 0 aliphatic heterocycles. The molecule has 1 aromatic rings. The van der Waals surface area contributed by atoms with Gasteiger partial charge in [0.1, 0.15) is 0 Å². The van der Waals surface area contributed by atoms with Crippen LogP contribution in [0.4, 0.5) is 0 Å². The molecule has 100 valence electrons. The molecule has 0 bridgehead atoms. The van der Waals surface area contributed by atoms with Crippen LogP contribution in [-0.4, -0.2) is 14.8 Å². The second kappa shape index (κ2) is 8.18. The topological polar surface area (TPSA) is 0 Å². The monoisotopic (exact) mass is 356 g/mol. The van der Waals surface area contributed by atoms with Crippen molar-refractivity contribution >= 4 is 59.1 Å². The van der Waals surface area contributed by atoms with Gasteiger partial charge < -0.3 is 0 Å². The van der Waals surface area contributed by atoms with E-state index in [4.69, 9.17) is 44.3 Å². The molecule has 0 saturated carbocycles. The standard InChI is InChI=1S/C12H16Cl4Si2/c1-9(17(13)14)7-11-5-3-4-6-12(11)8-10(2)18(15)16/h3-6,9-10H,7-8H2,1-2H3. The molecule has 0 heterocycles. The predicted molar refractivity (Wildman–Crippen MR) is 87.6 cm³/mol. The third-order valence-electron chi connectivity index (χ3n) is 2.92. The first kappa shape index (κ1) is 16.9. The summed E-state index contributed by atoms with van der Waals surface area (Å²) in [5, 5.41) is 0. The molecule has 18 heavy (non-hydrogen) atoms. The highest BCUT2D eigenvalue weighted by atomic mass is 35.7. The summed E-state index contributed by atoms with van der Waals surface area (Å²) in [6.07, 6.45) is 1.85. The summed E-state index contributed by atoms with van der Waals surface area (Å²) in [6.45, 7) is 4.21. The van der Waals surface area contributed by atoms with Crippen molar-refractivity contribution in [2.45, 2.75) is 37.8 Å². The van der Waals surface area contributed by atoms with Crippen molar-refractivity contribution in [3.63, 3.8) is 0 Å². The van der Waals surface area contributed by atoms with Crippen LogP contribution in [0.3, 0.4) is 0 Å². The van der Waals surface area contributed by atoms with Crippen molar-refractivity contribution in [1.29, 1.82) is 0 Å². The summed E-state index contributed by atoms with van der Waals surface area (Å²) in [6, 6.07) is 8.40. The van der Waals surface area contributed by atoms with Crippen molar-refractivity contribution in [3.8, 4) is 0 Å². The molecule has 1 rings (SSSR count). The van der Waals surface area contributed by atoms with E-state index in [0.717, 1.165) is 12.8 Å². The van der Waals surface area contributed by atoms with E-state index in [1.54, 1.807) is 0 Å². The SMILES string of the molecule is CC(Cc1ccccc1CC(C)[Si](Cl)Cl)[Si](Cl)Cl. The van der Waals surface area contributed by atoms with Gasteiger partial charge in [-0.1, -0.05) is 38.1 Å². The van der Waals surface area contributed by atoms with E-state index in [-0.39, 0.29) is 0 Å². The lowest BCUT2D eigenvalue weighted by Crippen LogP contribution is -2.11. The molecule has 0 fully saturated rings. The van der Waals surface area contributed by atoms with Crippen LogP contribution in [-0.2, 0) is 12.8 Å². The van der Waals surface area contributed by atoms with E-state index in [9.17, 15) is 0 Å². The lowest BCUT2D eigenvalue weighted by Gasteiger charge is -2.17. The van der Waals surface area contributed by atoms with Crippen LogP contribution in [0.2, 0.25) is 11.1 Å². The van der Waals surface area contributed by atoms with Gasteiger partial charge in [-0.15, -0.1) is 44.3 Å². The zero-order valence-corrected chi connectivity index (χ0v) is 15.4. The maximum Gasteiger partial charge on any atom is 0.277 e. The fraction of sp³-hybridized carbons (Fsp3) is 0.500. The van der Waals surface area contributed by atoms with Gasteiger partial charge in [0.15, 0.2) is 0 Å². The Balaban J connectivity index is 2.79. The summed E-state index contributed by atoms with van der Waals surface area (Å²) in [7, 11) is -2.54. The Morgan fingerprint density at radius 3 is 1.44 bits per heavy atom. The first-order valence-corrected chi connectivity index (χ1v) is 13.0. The average molecular weight is 358 g/mol. The van der Waals surface area contributed by atoms with Gasteiger partial charge in [-0.3, -0.25) is 0 Å². The second-order valence-corrected chi connectivity index (χ2v) is 13.7. The molecule has 2 atom stereocenters. The summed E-state index contributed by atoms with van der Waals surface area (Å²) in [4.78, 5) is 0. The van der Waals surface area contributed by atoms with Crippen LogP contribution in [0.1, 0.15) is 25.0 Å². The summed E-state index contributed by atoms with van der Waals surface area (Å²) in [5.74, 6) is 0. The highest BCUT2D eigenvalue weighted by Crippen LogP contribution is 2.27. The minimum absolute atomic E-state index is 0.339. The van der Waals surface area contributed by atoms with Crippen LogP contribution in [0.25, 0.3) is 0 Å². The lowest BCUT2D eigenvalue weighted by atomic mass is 9.99. The zero-order valence-electron chi connectivity index (χ0n) is 10.4.